The van der Waals surface area contributed by atoms with Gasteiger partial charge in [-0.1, -0.05) is 62.4 Å². The molecule has 3 aromatic rings. The predicted octanol–water partition coefficient (Wildman–Crippen LogP) is 7.81. The highest BCUT2D eigenvalue weighted by atomic mass is 32.2. The van der Waals surface area contributed by atoms with Gasteiger partial charge in [0.05, 0.1) is 12.9 Å². The fourth-order valence-corrected chi connectivity index (χ4v) is 6.02. The number of aryl methyl sites for hydroxylation is 1. The SMILES string of the molecule is CSCC[C@H](NC(=O)c1ccc(COC(CCC2CCCCC2)c2ccco2)cc1-c1ccccc1C)C(=O)O. The number of carboxylic acid groups (broad SMARTS) is 1. The fourth-order valence-electron chi connectivity index (χ4n) is 5.55. The first-order chi connectivity index (χ1) is 19.5. The molecule has 2 aromatic carbocycles. The fraction of sp³-hybridized carbons (Fsp3) is 0.455. The monoisotopic (exact) mass is 563 g/mol. The van der Waals surface area contributed by atoms with E-state index in [2.05, 4.69) is 5.32 Å². The van der Waals surface area contributed by atoms with Gasteiger partial charge in [-0.15, -0.1) is 0 Å². The van der Waals surface area contributed by atoms with Gasteiger partial charge < -0.3 is 19.6 Å². The highest BCUT2D eigenvalue weighted by Gasteiger charge is 2.24. The molecule has 214 valence electrons. The molecular weight excluding hydrogens is 522 g/mol. The third-order valence-corrected chi connectivity index (χ3v) is 8.50. The summed E-state index contributed by atoms with van der Waals surface area (Å²) < 4.78 is 12.2. The van der Waals surface area contributed by atoms with E-state index in [-0.39, 0.29) is 12.0 Å². The Labute approximate surface area is 241 Å². The Morgan fingerprint density at radius 2 is 1.85 bits per heavy atom. The summed E-state index contributed by atoms with van der Waals surface area (Å²) in [4.78, 5) is 25.2. The number of thioether (sulfide) groups is 1. The van der Waals surface area contributed by atoms with Gasteiger partial charge in [0.2, 0.25) is 0 Å². The van der Waals surface area contributed by atoms with Gasteiger partial charge in [-0.25, -0.2) is 4.79 Å². The lowest BCUT2D eigenvalue weighted by Gasteiger charge is -2.24. The Kier molecular flexibility index (Phi) is 11.3. The number of rotatable bonds is 14. The third kappa shape index (κ3) is 8.24. The zero-order chi connectivity index (χ0) is 28.3. The summed E-state index contributed by atoms with van der Waals surface area (Å²) >= 11 is 1.56. The molecule has 0 aliphatic heterocycles. The van der Waals surface area contributed by atoms with Crippen molar-refractivity contribution < 1.29 is 23.8 Å². The molecule has 0 bridgehead atoms. The number of ether oxygens (including phenoxy) is 1. The largest absolute Gasteiger partial charge is 0.480 e. The Morgan fingerprint density at radius 1 is 1.05 bits per heavy atom. The Bertz CT molecular complexity index is 1240. The third-order valence-electron chi connectivity index (χ3n) is 7.85. The minimum absolute atomic E-state index is 0.130. The lowest BCUT2D eigenvalue weighted by molar-refractivity contribution is -0.139. The van der Waals surface area contributed by atoms with Crippen molar-refractivity contribution in [3.8, 4) is 11.1 Å². The van der Waals surface area contributed by atoms with E-state index in [0.29, 0.717) is 24.3 Å². The van der Waals surface area contributed by atoms with Gasteiger partial charge in [-0.3, -0.25) is 4.79 Å². The number of carboxylic acids is 1. The van der Waals surface area contributed by atoms with Crippen LogP contribution in [0.15, 0.2) is 65.3 Å². The molecule has 1 saturated carbocycles. The summed E-state index contributed by atoms with van der Waals surface area (Å²) in [6, 6.07) is 16.5. The van der Waals surface area contributed by atoms with E-state index in [4.69, 9.17) is 9.15 Å². The number of furan rings is 1. The van der Waals surface area contributed by atoms with Crippen molar-refractivity contribution in [1.29, 1.82) is 0 Å². The molecule has 1 fully saturated rings. The molecule has 4 rings (SSSR count). The molecule has 2 atom stereocenters. The minimum atomic E-state index is -1.03. The van der Waals surface area contributed by atoms with Crippen molar-refractivity contribution in [2.24, 2.45) is 5.92 Å². The molecule has 0 saturated heterocycles. The van der Waals surface area contributed by atoms with Crippen LogP contribution in [0.2, 0.25) is 0 Å². The van der Waals surface area contributed by atoms with Crippen molar-refractivity contribution in [2.45, 2.75) is 77.0 Å². The van der Waals surface area contributed by atoms with E-state index >= 15 is 0 Å². The van der Waals surface area contributed by atoms with Gasteiger partial charge in [0, 0.05) is 5.56 Å². The van der Waals surface area contributed by atoms with Crippen molar-refractivity contribution in [3.05, 3.63) is 83.3 Å². The van der Waals surface area contributed by atoms with E-state index in [1.54, 1.807) is 24.1 Å². The van der Waals surface area contributed by atoms with Crippen LogP contribution in [0.4, 0.5) is 0 Å². The van der Waals surface area contributed by atoms with Gasteiger partial charge in [0.15, 0.2) is 0 Å². The van der Waals surface area contributed by atoms with Gasteiger partial charge in [0.25, 0.3) is 5.91 Å². The molecule has 7 heteroatoms. The summed E-state index contributed by atoms with van der Waals surface area (Å²) in [5.41, 5.74) is 4.13. The van der Waals surface area contributed by atoms with Gasteiger partial charge >= 0.3 is 5.97 Å². The summed E-state index contributed by atoms with van der Waals surface area (Å²) in [6.45, 7) is 2.39. The summed E-state index contributed by atoms with van der Waals surface area (Å²) in [5.74, 6) is 0.833. The van der Waals surface area contributed by atoms with Gasteiger partial charge in [0.1, 0.15) is 17.9 Å². The van der Waals surface area contributed by atoms with Crippen LogP contribution in [0.5, 0.6) is 0 Å². The molecule has 1 aromatic heterocycles. The summed E-state index contributed by atoms with van der Waals surface area (Å²) in [7, 11) is 0. The van der Waals surface area contributed by atoms with Crippen LogP contribution in [-0.2, 0) is 16.1 Å². The van der Waals surface area contributed by atoms with Crippen LogP contribution in [0, 0.1) is 12.8 Å². The molecule has 40 heavy (non-hydrogen) atoms. The van der Waals surface area contributed by atoms with E-state index in [9.17, 15) is 14.7 Å². The molecule has 6 nitrogen and oxygen atoms in total. The van der Waals surface area contributed by atoms with Crippen LogP contribution in [-0.4, -0.2) is 35.0 Å². The van der Waals surface area contributed by atoms with E-state index in [0.717, 1.165) is 46.8 Å². The zero-order valence-corrected chi connectivity index (χ0v) is 24.4. The molecule has 1 aliphatic carbocycles. The van der Waals surface area contributed by atoms with Crippen LogP contribution in [0.25, 0.3) is 11.1 Å². The standard InChI is InChI=1S/C33H41NO5S/c1-23-9-6-7-12-26(23)28-21-25(14-16-27(28)32(35)34-29(33(36)37)18-20-40-2)22-39-31(30-13-8-19-38-30)17-15-24-10-4-3-5-11-24/h6-9,12-14,16,19,21,24,29,31H,3-5,10-11,15,17-18,20,22H2,1-2H3,(H,34,35)(H,36,37)/t29-,31?/m0/s1. The average Bonchev–Trinajstić information content (AvgIpc) is 3.51. The number of aliphatic carboxylic acids is 1. The van der Waals surface area contributed by atoms with Crippen molar-refractivity contribution in [3.63, 3.8) is 0 Å². The number of amides is 1. The van der Waals surface area contributed by atoms with E-state index in [1.807, 2.05) is 61.7 Å². The zero-order valence-electron chi connectivity index (χ0n) is 23.6. The number of carbonyl (C=O) groups excluding carboxylic acids is 1. The van der Waals surface area contributed by atoms with E-state index in [1.165, 1.54) is 32.1 Å². The maximum Gasteiger partial charge on any atom is 0.326 e. The molecule has 0 spiro atoms. The molecular formula is C33H41NO5S. The molecule has 0 radical (unpaired) electrons. The number of nitrogens with one attached hydrogen (secondary N) is 1. The maximum absolute atomic E-state index is 13.4. The van der Waals surface area contributed by atoms with Crippen LogP contribution < -0.4 is 5.32 Å². The molecule has 1 heterocycles. The highest BCUT2D eigenvalue weighted by molar-refractivity contribution is 7.98. The Hall–Kier alpha value is -3.03. The first kappa shape index (κ1) is 29.9. The molecule has 1 aliphatic rings. The normalized spacial score (nSPS) is 15.4. The quantitative estimate of drug-likeness (QED) is 0.208. The van der Waals surface area contributed by atoms with Crippen LogP contribution in [0.1, 0.15) is 84.7 Å². The smallest absolute Gasteiger partial charge is 0.326 e. The van der Waals surface area contributed by atoms with Crippen molar-refractivity contribution >= 4 is 23.6 Å². The molecule has 2 N–H and O–H groups in total. The second-order valence-electron chi connectivity index (χ2n) is 10.7. The number of benzene rings is 2. The lowest BCUT2D eigenvalue weighted by atomic mass is 9.85. The number of hydrogen-bond donors (Lipinski definition) is 2. The predicted molar refractivity (Wildman–Crippen MR) is 161 cm³/mol. The second kappa shape index (κ2) is 15.1. The lowest BCUT2D eigenvalue weighted by Crippen LogP contribution is -2.41. The van der Waals surface area contributed by atoms with Crippen LogP contribution >= 0.6 is 11.8 Å². The first-order valence-corrected chi connectivity index (χ1v) is 15.7. The number of hydrogen-bond acceptors (Lipinski definition) is 5. The Morgan fingerprint density at radius 3 is 2.55 bits per heavy atom. The van der Waals surface area contributed by atoms with Crippen LogP contribution in [0.3, 0.4) is 0 Å². The topological polar surface area (TPSA) is 88.8 Å². The summed E-state index contributed by atoms with van der Waals surface area (Å²) in [6.07, 6.45) is 12.5. The average molecular weight is 564 g/mol. The van der Waals surface area contributed by atoms with Gasteiger partial charge in [-0.05, 0) is 90.6 Å². The highest BCUT2D eigenvalue weighted by Crippen LogP contribution is 2.33. The maximum atomic E-state index is 13.4. The van der Waals surface area contributed by atoms with E-state index < -0.39 is 12.0 Å². The van der Waals surface area contributed by atoms with Crippen molar-refractivity contribution in [1.82, 2.24) is 5.32 Å². The van der Waals surface area contributed by atoms with Gasteiger partial charge in [-0.2, -0.15) is 11.8 Å². The second-order valence-corrected chi connectivity index (χ2v) is 11.7. The molecule has 1 unspecified atom stereocenters. The minimum Gasteiger partial charge on any atom is -0.480 e. The number of carbonyl (C=O) groups is 2. The molecule has 1 amide bonds. The Balaban J connectivity index is 1.54. The first-order valence-electron chi connectivity index (χ1n) is 14.3. The summed E-state index contributed by atoms with van der Waals surface area (Å²) in [5, 5.41) is 12.4. The van der Waals surface area contributed by atoms with Crippen molar-refractivity contribution in [2.75, 3.05) is 12.0 Å².